The summed E-state index contributed by atoms with van der Waals surface area (Å²) in [5, 5.41) is 14.2. The van der Waals surface area contributed by atoms with Crippen molar-refractivity contribution in [1.29, 1.82) is 0 Å². The van der Waals surface area contributed by atoms with Crippen LogP contribution in [0.5, 0.6) is 5.75 Å². The first kappa shape index (κ1) is 13.4. The van der Waals surface area contributed by atoms with Gasteiger partial charge >= 0.3 is 5.00 Å². The normalized spacial score (nSPS) is 10.2. The molecular weight excluding hydrogens is 264 g/mol. The Balaban J connectivity index is 2.44. The topological polar surface area (TPSA) is 64.4 Å². The van der Waals surface area contributed by atoms with Gasteiger partial charge in [0.25, 0.3) is 0 Å². The van der Waals surface area contributed by atoms with Crippen molar-refractivity contribution < 1.29 is 9.66 Å². The molecule has 2 aromatic rings. The largest absolute Gasteiger partial charge is 0.497 e. The zero-order valence-electron chi connectivity index (χ0n) is 10.7. The smallest absolute Gasteiger partial charge is 0.347 e. The molecule has 2 rings (SSSR count). The standard InChI is InChI=1S/C13H14N2O3S/c1-3-14-11-8-12(19-13(11)15(16)17)9-5-4-6-10(7-9)18-2/h4-8,14H,3H2,1-2H3. The average molecular weight is 278 g/mol. The lowest BCUT2D eigenvalue weighted by Crippen LogP contribution is -1.97. The summed E-state index contributed by atoms with van der Waals surface area (Å²) in [4.78, 5) is 11.5. The van der Waals surface area contributed by atoms with Crippen molar-refractivity contribution in [2.75, 3.05) is 19.0 Å². The van der Waals surface area contributed by atoms with E-state index in [-0.39, 0.29) is 9.92 Å². The van der Waals surface area contributed by atoms with Crippen molar-refractivity contribution in [3.63, 3.8) is 0 Å². The lowest BCUT2D eigenvalue weighted by atomic mass is 10.2. The Morgan fingerprint density at radius 1 is 1.42 bits per heavy atom. The quantitative estimate of drug-likeness (QED) is 0.668. The second-order valence-corrected chi connectivity index (χ2v) is 4.88. The van der Waals surface area contributed by atoms with Gasteiger partial charge in [0.2, 0.25) is 0 Å². The van der Waals surface area contributed by atoms with E-state index in [2.05, 4.69) is 5.32 Å². The molecule has 6 heteroatoms. The molecule has 1 aromatic heterocycles. The number of hydrogen-bond donors (Lipinski definition) is 1. The fourth-order valence-corrected chi connectivity index (χ4v) is 2.70. The van der Waals surface area contributed by atoms with Crippen LogP contribution in [0.25, 0.3) is 10.4 Å². The highest BCUT2D eigenvalue weighted by Crippen LogP contribution is 2.40. The SMILES string of the molecule is CCNc1cc(-c2cccc(OC)c2)sc1[N+](=O)[O-]. The number of rotatable bonds is 5. The van der Waals surface area contributed by atoms with E-state index in [1.54, 1.807) is 13.2 Å². The predicted octanol–water partition coefficient (Wildman–Crippen LogP) is 3.76. The molecule has 0 aliphatic rings. The number of benzene rings is 1. The fraction of sp³-hybridized carbons (Fsp3) is 0.231. The van der Waals surface area contributed by atoms with Crippen LogP contribution in [0.2, 0.25) is 0 Å². The number of thiophene rings is 1. The van der Waals surface area contributed by atoms with Crippen LogP contribution in [-0.4, -0.2) is 18.6 Å². The van der Waals surface area contributed by atoms with Gasteiger partial charge < -0.3 is 10.1 Å². The second kappa shape index (κ2) is 5.71. The van der Waals surface area contributed by atoms with Crippen molar-refractivity contribution in [3.05, 3.63) is 40.4 Å². The van der Waals surface area contributed by atoms with Crippen LogP contribution in [0, 0.1) is 10.1 Å². The predicted molar refractivity (Wildman–Crippen MR) is 77.1 cm³/mol. The Kier molecular flexibility index (Phi) is 4.01. The van der Waals surface area contributed by atoms with Crippen molar-refractivity contribution >= 4 is 22.0 Å². The van der Waals surface area contributed by atoms with Gasteiger partial charge in [-0.15, -0.1) is 0 Å². The Morgan fingerprint density at radius 2 is 2.21 bits per heavy atom. The number of nitrogens with zero attached hydrogens (tertiary/aromatic N) is 1. The van der Waals surface area contributed by atoms with Gasteiger partial charge in [0, 0.05) is 11.4 Å². The maximum Gasteiger partial charge on any atom is 0.347 e. The number of methoxy groups -OCH3 is 1. The Labute approximate surface area is 115 Å². The summed E-state index contributed by atoms with van der Waals surface area (Å²) in [5.41, 5.74) is 1.48. The van der Waals surface area contributed by atoms with Crippen molar-refractivity contribution in [2.45, 2.75) is 6.92 Å². The molecule has 0 aliphatic carbocycles. The van der Waals surface area contributed by atoms with Crippen LogP contribution in [0.3, 0.4) is 0 Å². The van der Waals surface area contributed by atoms with E-state index in [0.29, 0.717) is 12.2 Å². The molecule has 0 saturated heterocycles. The zero-order valence-corrected chi connectivity index (χ0v) is 11.5. The van der Waals surface area contributed by atoms with E-state index >= 15 is 0 Å². The highest BCUT2D eigenvalue weighted by Gasteiger charge is 2.19. The summed E-state index contributed by atoms with van der Waals surface area (Å²) < 4.78 is 5.16. The number of hydrogen-bond acceptors (Lipinski definition) is 5. The molecule has 100 valence electrons. The van der Waals surface area contributed by atoms with Crippen LogP contribution in [0.4, 0.5) is 10.7 Å². The summed E-state index contributed by atoms with van der Waals surface area (Å²) >= 11 is 1.16. The highest BCUT2D eigenvalue weighted by molar-refractivity contribution is 7.19. The van der Waals surface area contributed by atoms with Gasteiger partial charge in [-0.05, 0) is 30.7 Å². The summed E-state index contributed by atoms with van der Waals surface area (Å²) in [7, 11) is 1.60. The molecule has 1 aromatic carbocycles. The first-order chi connectivity index (χ1) is 9.15. The third-order valence-corrected chi connectivity index (χ3v) is 3.74. The molecule has 0 amide bonds. The van der Waals surface area contributed by atoms with Gasteiger partial charge in [-0.2, -0.15) is 0 Å². The van der Waals surface area contributed by atoms with Gasteiger partial charge in [0.05, 0.1) is 12.0 Å². The van der Waals surface area contributed by atoms with E-state index in [9.17, 15) is 10.1 Å². The number of anilines is 1. The highest BCUT2D eigenvalue weighted by atomic mass is 32.1. The van der Waals surface area contributed by atoms with E-state index in [4.69, 9.17) is 4.74 Å². The van der Waals surface area contributed by atoms with Crippen LogP contribution >= 0.6 is 11.3 Å². The lowest BCUT2D eigenvalue weighted by molar-refractivity contribution is -0.379. The molecule has 0 radical (unpaired) electrons. The lowest BCUT2D eigenvalue weighted by Gasteiger charge is -2.01. The minimum Gasteiger partial charge on any atom is -0.497 e. The summed E-state index contributed by atoms with van der Waals surface area (Å²) in [5.74, 6) is 0.735. The van der Waals surface area contributed by atoms with Gasteiger partial charge in [0.15, 0.2) is 0 Å². The minimum absolute atomic E-state index is 0.139. The van der Waals surface area contributed by atoms with Gasteiger partial charge in [0.1, 0.15) is 11.4 Å². The van der Waals surface area contributed by atoms with Crippen LogP contribution in [0.1, 0.15) is 6.92 Å². The maximum atomic E-state index is 11.0. The first-order valence-electron chi connectivity index (χ1n) is 5.82. The fourth-order valence-electron chi connectivity index (χ4n) is 1.75. The van der Waals surface area contributed by atoms with Gasteiger partial charge in [-0.25, -0.2) is 0 Å². The monoisotopic (exact) mass is 278 g/mol. The van der Waals surface area contributed by atoms with Crippen molar-refractivity contribution in [3.8, 4) is 16.2 Å². The molecule has 0 bridgehead atoms. The Bertz CT molecular complexity index is 595. The van der Waals surface area contributed by atoms with Crippen LogP contribution in [-0.2, 0) is 0 Å². The van der Waals surface area contributed by atoms with E-state index in [1.165, 1.54) is 0 Å². The Hall–Kier alpha value is -2.08. The van der Waals surface area contributed by atoms with Gasteiger partial charge in [-0.1, -0.05) is 23.5 Å². The number of ether oxygens (including phenoxy) is 1. The molecule has 1 heterocycles. The maximum absolute atomic E-state index is 11.0. The van der Waals surface area contributed by atoms with Crippen molar-refractivity contribution in [2.24, 2.45) is 0 Å². The van der Waals surface area contributed by atoms with E-state index < -0.39 is 0 Å². The van der Waals surface area contributed by atoms with E-state index in [1.807, 2.05) is 31.2 Å². The third-order valence-electron chi connectivity index (χ3n) is 2.60. The Morgan fingerprint density at radius 3 is 2.84 bits per heavy atom. The molecule has 0 saturated carbocycles. The molecule has 0 fully saturated rings. The average Bonchev–Trinajstić information content (AvgIpc) is 2.83. The third kappa shape index (κ3) is 2.85. The molecule has 0 aliphatic heterocycles. The molecule has 1 N–H and O–H groups in total. The van der Waals surface area contributed by atoms with Gasteiger partial charge in [-0.3, -0.25) is 10.1 Å². The number of nitro groups is 1. The zero-order chi connectivity index (χ0) is 13.8. The van der Waals surface area contributed by atoms with E-state index in [0.717, 1.165) is 27.5 Å². The van der Waals surface area contributed by atoms with Crippen molar-refractivity contribution in [1.82, 2.24) is 0 Å². The van der Waals surface area contributed by atoms with Crippen LogP contribution < -0.4 is 10.1 Å². The summed E-state index contributed by atoms with van der Waals surface area (Å²) in [6.07, 6.45) is 0. The molecule has 5 nitrogen and oxygen atoms in total. The van der Waals surface area contributed by atoms with Crippen LogP contribution in [0.15, 0.2) is 30.3 Å². The summed E-state index contributed by atoms with van der Waals surface area (Å²) in [6.45, 7) is 2.56. The second-order valence-electron chi connectivity index (χ2n) is 3.85. The molecule has 19 heavy (non-hydrogen) atoms. The first-order valence-corrected chi connectivity index (χ1v) is 6.64. The molecule has 0 spiro atoms. The molecule has 0 unspecified atom stereocenters. The summed E-state index contributed by atoms with van der Waals surface area (Å²) in [6, 6.07) is 9.30. The number of nitrogens with one attached hydrogen (secondary N) is 1. The molecule has 0 atom stereocenters. The molecular formula is C13H14N2O3S. The minimum atomic E-state index is -0.355.